The number of aliphatic hydroxyl groups excluding tert-OH is 3. The van der Waals surface area contributed by atoms with E-state index < -0.39 is 24.4 Å². The van der Waals surface area contributed by atoms with Crippen molar-refractivity contribution in [3.8, 4) is 11.5 Å². The second-order valence-corrected chi connectivity index (χ2v) is 5.50. The van der Waals surface area contributed by atoms with Crippen molar-refractivity contribution >= 4 is 6.21 Å². The average Bonchev–Trinajstić information content (AvgIpc) is 2.51. The van der Waals surface area contributed by atoms with Crippen LogP contribution in [0, 0.1) is 0 Å². The number of aliphatic hydroxyl groups is 3. The summed E-state index contributed by atoms with van der Waals surface area (Å²) in [6, 6.07) is 3.24. The van der Waals surface area contributed by atoms with E-state index in [2.05, 4.69) is 4.99 Å². The lowest BCUT2D eigenvalue weighted by Crippen LogP contribution is -2.52. The van der Waals surface area contributed by atoms with Crippen LogP contribution in [0.1, 0.15) is 23.5 Å². The maximum Gasteiger partial charge on any atom is 0.161 e. The average molecular weight is 293 g/mol. The van der Waals surface area contributed by atoms with Gasteiger partial charge in [0.2, 0.25) is 0 Å². The van der Waals surface area contributed by atoms with E-state index in [0.717, 1.165) is 11.1 Å². The molecule has 1 aliphatic heterocycles. The van der Waals surface area contributed by atoms with Crippen LogP contribution in [0.15, 0.2) is 17.1 Å². The van der Waals surface area contributed by atoms with Gasteiger partial charge in [-0.05, 0) is 29.7 Å². The number of aliphatic imine (C=N–C) groups is 1. The standard InChI is InChI=1S/C15H19NO5/c1-20-11-3-7-6-16-13-9(8(7)5-12(11)21-2)4-10(17)14(18)15(13)19/h3,5-6,9-10,13-15,17-19H,4H2,1-2H3. The van der Waals surface area contributed by atoms with E-state index in [0.29, 0.717) is 17.9 Å². The summed E-state index contributed by atoms with van der Waals surface area (Å²) in [5.41, 5.74) is 1.82. The molecule has 0 radical (unpaired) electrons. The minimum Gasteiger partial charge on any atom is -0.493 e. The van der Waals surface area contributed by atoms with Gasteiger partial charge in [0.05, 0.1) is 26.4 Å². The maximum absolute atomic E-state index is 10.1. The highest BCUT2D eigenvalue weighted by Crippen LogP contribution is 2.42. The topological polar surface area (TPSA) is 91.5 Å². The molecule has 21 heavy (non-hydrogen) atoms. The highest BCUT2D eigenvalue weighted by atomic mass is 16.5. The predicted octanol–water partition coefficient (Wildman–Crippen LogP) is 0.0749. The highest BCUT2D eigenvalue weighted by molar-refractivity contribution is 5.85. The smallest absolute Gasteiger partial charge is 0.161 e. The second kappa shape index (κ2) is 5.29. The normalized spacial score (nSPS) is 34.0. The van der Waals surface area contributed by atoms with Crippen molar-refractivity contribution in [1.82, 2.24) is 0 Å². The first-order chi connectivity index (χ1) is 10.1. The molecule has 1 heterocycles. The zero-order valence-corrected chi connectivity index (χ0v) is 11.9. The van der Waals surface area contributed by atoms with E-state index >= 15 is 0 Å². The first-order valence-corrected chi connectivity index (χ1v) is 6.90. The van der Waals surface area contributed by atoms with Crippen LogP contribution in [0.25, 0.3) is 0 Å². The lowest BCUT2D eigenvalue weighted by Gasteiger charge is -2.41. The molecule has 0 amide bonds. The van der Waals surface area contributed by atoms with Crippen LogP contribution in [0.2, 0.25) is 0 Å². The third kappa shape index (κ3) is 2.19. The van der Waals surface area contributed by atoms with Gasteiger partial charge in [0.1, 0.15) is 12.2 Å². The molecular weight excluding hydrogens is 274 g/mol. The van der Waals surface area contributed by atoms with Crippen LogP contribution in [0.3, 0.4) is 0 Å². The quantitative estimate of drug-likeness (QED) is 0.718. The van der Waals surface area contributed by atoms with Crippen LogP contribution in [0.4, 0.5) is 0 Å². The molecule has 3 N–H and O–H groups in total. The molecule has 1 aliphatic carbocycles. The number of ether oxygens (including phenoxy) is 2. The van der Waals surface area contributed by atoms with E-state index in [1.807, 2.05) is 12.1 Å². The van der Waals surface area contributed by atoms with Gasteiger partial charge in [0.15, 0.2) is 11.5 Å². The molecule has 0 saturated heterocycles. The van der Waals surface area contributed by atoms with E-state index in [4.69, 9.17) is 9.47 Å². The first kappa shape index (κ1) is 14.3. The Hall–Kier alpha value is -1.63. The minimum atomic E-state index is -1.16. The summed E-state index contributed by atoms with van der Waals surface area (Å²) >= 11 is 0. The second-order valence-electron chi connectivity index (χ2n) is 5.50. The van der Waals surface area contributed by atoms with Crippen LogP contribution in [-0.2, 0) is 0 Å². The van der Waals surface area contributed by atoms with Crippen molar-refractivity contribution in [3.63, 3.8) is 0 Å². The maximum atomic E-state index is 10.1. The molecular formula is C15H19NO5. The summed E-state index contributed by atoms with van der Waals surface area (Å²) in [7, 11) is 3.13. The van der Waals surface area contributed by atoms with Gasteiger partial charge in [-0.15, -0.1) is 0 Å². The van der Waals surface area contributed by atoms with Crippen LogP contribution >= 0.6 is 0 Å². The van der Waals surface area contributed by atoms with Gasteiger partial charge in [0, 0.05) is 12.1 Å². The predicted molar refractivity (Wildman–Crippen MR) is 76.3 cm³/mol. The third-order valence-electron chi connectivity index (χ3n) is 4.38. The Bertz CT molecular complexity index is 573. The molecule has 0 aromatic heterocycles. The van der Waals surface area contributed by atoms with Crippen LogP contribution in [0.5, 0.6) is 11.5 Å². The Balaban J connectivity index is 2.06. The van der Waals surface area contributed by atoms with Gasteiger partial charge in [0.25, 0.3) is 0 Å². The van der Waals surface area contributed by atoms with Crippen molar-refractivity contribution in [1.29, 1.82) is 0 Å². The summed E-state index contributed by atoms with van der Waals surface area (Å²) in [4.78, 5) is 4.35. The highest BCUT2D eigenvalue weighted by Gasteiger charge is 2.45. The fourth-order valence-corrected chi connectivity index (χ4v) is 3.22. The minimum absolute atomic E-state index is 0.154. The first-order valence-electron chi connectivity index (χ1n) is 6.90. The third-order valence-corrected chi connectivity index (χ3v) is 4.38. The van der Waals surface area contributed by atoms with Crippen molar-refractivity contribution < 1.29 is 24.8 Å². The van der Waals surface area contributed by atoms with Gasteiger partial charge in [-0.3, -0.25) is 4.99 Å². The Kier molecular flexibility index (Phi) is 3.61. The van der Waals surface area contributed by atoms with Crippen molar-refractivity contribution in [2.45, 2.75) is 36.7 Å². The zero-order chi connectivity index (χ0) is 15.1. The molecule has 6 heteroatoms. The number of rotatable bonds is 2. The Morgan fingerprint density at radius 2 is 1.71 bits per heavy atom. The lowest BCUT2D eigenvalue weighted by atomic mass is 9.73. The Morgan fingerprint density at radius 3 is 2.38 bits per heavy atom. The monoisotopic (exact) mass is 293 g/mol. The SMILES string of the molecule is COc1cc2c(cc1OC)C1CC(O)C(O)C(O)C1N=C2. The van der Waals surface area contributed by atoms with Crippen LogP contribution in [-0.4, -0.2) is 60.1 Å². The zero-order valence-electron chi connectivity index (χ0n) is 11.9. The number of methoxy groups -OCH3 is 2. The van der Waals surface area contributed by atoms with E-state index in [9.17, 15) is 15.3 Å². The number of benzene rings is 1. The molecule has 1 fully saturated rings. The molecule has 3 rings (SSSR count). The molecule has 5 unspecified atom stereocenters. The molecule has 5 atom stereocenters. The number of hydrogen-bond acceptors (Lipinski definition) is 6. The van der Waals surface area contributed by atoms with Crippen molar-refractivity contribution in [3.05, 3.63) is 23.3 Å². The number of hydrogen-bond donors (Lipinski definition) is 3. The van der Waals surface area contributed by atoms with Gasteiger partial charge in [-0.2, -0.15) is 0 Å². The summed E-state index contributed by atoms with van der Waals surface area (Å²) in [5, 5.41) is 29.8. The molecule has 0 spiro atoms. The van der Waals surface area contributed by atoms with E-state index in [-0.39, 0.29) is 5.92 Å². The van der Waals surface area contributed by atoms with Crippen molar-refractivity contribution in [2.24, 2.45) is 4.99 Å². The molecule has 1 saturated carbocycles. The number of nitrogens with zero attached hydrogens (tertiary/aromatic N) is 1. The summed E-state index contributed by atoms with van der Waals surface area (Å²) in [6.07, 6.45) is -1.17. The fourth-order valence-electron chi connectivity index (χ4n) is 3.22. The lowest BCUT2D eigenvalue weighted by molar-refractivity contribution is -0.0987. The Morgan fingerprint density at radius 1 is 1.05 bits per heavy atom. The summed E-state index contributed by atoms with van der Waals surface area (Å²) in [6.45, 7) is 0. The molecule has 0 bridgehead atoms. The van der Waals surface area contributed by atoms with Gasteiger partial charge in [-0.25, -0.2) is 0 Å². The largest absolute Gasteiger partial charge is 0.493 e. The Labute approximate surface area is 122 Å². The van der Waals surface area contributed by atoms with Crippen molar-refractivity contribution in [2.75, 3.05) is 14.2 Å². The summed E-state index contributed by atoms with van der Waals surface area (Å²) in [5.74, 6) is 1.05. The van der Waals surface area contributed by atoms with E-state index in [1.54, 1.807) is 20.4 Å². The van der Waals surface area contributed by atoms with Crippen LogP contribution < -0.4 is 9.47 Å². The number of fused-ring (bicyclic) bond motifs is 3. The molecule has 6 nitrogen and oxygen atoms in total. The van der Waals surface area contributed by atoms with Gasteiger partial charge in [-0.1, -0.05) is 0 Å². The summed E-state index contributed by atoms with van der Waals surface area (Å²) < 4.78 is 10.6. The van der Waals surface area contributed by atoms with Gasteiger partial charge < -0.3 is 24.8 Å². The molecule has 2 aliphatic rings. The van der Waals surface area contributed by atoms with E-state index in [1.165, 1.54) is 0 Å². The molecule has 1 aromatic carbocycles. The fraction of sp³-hybridized carbons (Fsp3) is 0.533. The molecule has 114 valence electrons. The van der Waals surface area contributed by atoms with Gasteiger partial charge >= 0.3 is 0 Å². The molecule has 1 aromatic rings.